The number of hydrogen-bond donors (Lipinski definition) is 0. The van der Waals surface area contributed by atoms with Crippen LogP contribution in [0.3, 0.4) is 0 Å². The average Bonchev–Trinajstić information content (AvgIpc) is 2.78. The van der Waals surface area contributed by atoms with Crippen molar-refractivity contribution in [1.29, 1.82) is 0 Å². The summed E-state index contributed by atoms with van der Waals surface area (Å²) in [7, 11) is 0.0506. The van der Waals surface area contributed by atoms with E-state index in [1.54, 1.807) is 31.0 Å². The molecule has 0 amide bonds. The average molecular weight is 430 g/mol. The Morgan fingerprint density at radius 2 is 1.50 bits per heavy atom. The topological polar surface area (TPSA) is 0 Å². The van der Waals surface area contributed by atoms with Crippen LogP contribution in [0.5, 0.6) is 0 Å². The van der Waals surface area contributed by atoms with Gasteiger partial charge in [0.1, 0.15) is 5.82 Å². The Balaban J connectivity index is 1.28. The van der Waals surface area contributed by atoms with Crippen LogP contribution in [0, 0.1) is 17.7 Å². The van der Waals surface area contributed by atoms with Crippen molar-refractivity contribution in [3.05, 3.63) is 35.1 Å². The summed E-state index contributed by atoms with van der Waals surface area (Å²) >= 11 is 0. The summed E-state index contributed by atoms with van der Waals surface area (Å²) in [5.41, 5.74) is 2.15. The van der Waals surface area contributed by atoms with E-state index in [-0.39, 0.29) is 14.6 Å². The minimum atomic E-state index is 0.0258. The molecular weight excluding hydrogens is 383 g/mol. The molecule has 169 valence electrons. The van der Waals surface area contributed by atoms with Gasteiger partial charge in [0.2, 0.25) is 0 Å². The van der Waals surface area contributed by atoms with Gasteiger partial charge in [0.25, 0.3) is 0 Å². The van der Waals surface area contributed by atoms with Gasteiger partial charge in [-0.3, -0.25) is 0 Å². The summed E-state index contributed by atoms with van der Waals surface area (Å²) in [4.78, 5) is 0. The molecule has 0 N–H and O–H groups in total. The lowest BCUT2D eigenvalue weighted by Crippen LogP contribution is -2.21. The maximum atomic E-state index is 14.3. The molecule has 1 aromatic rings. The highest BCUT2D eigenvalue weighted by molar-refractivity contribution is 6.58. The van der Waals surface area contributed by atoms with Crippen molar-refractivity contribution in [3.63, 3.8) is 0 Å². The van der Waals surface area contributed by atoms with Gasteiger partial charge in [-0.05, 0) is 67.1 Å². The summed E-state index contributed by atoms with van der Waals surface area (Å²) in [6.07, 6.45) is 19.0. The van der Waals surface area contributed by atoms with Crippen molar-refractivity contribution >= 4 is 8.80 Å². The zero-order valence-corrected chi connectivity index (χ0v) is 20.9. The van der Waals surface area contributed by atoms with E-state index in [0.717, 1.165) is 30.2 Å². The zero-order valence-electron chi connectivity index (χ0n) is 19.9. The number of rotatable bonds is 11. The van der Waals surface area contributed by atoms with Gasteiger partial charge in [-0.1, -0.05) is 102 Å². The second-order valence-electron chi connectivity index (χ2n) is 10.4. The van der Waals surface area contributed by atoms with Crippen LogP contribution in [0.2, 0.25) is 18.1 Å². The lowest BCUT2D eigenvalue weighted by atomic mass is 9.76. The van der Waals surface area contributed by atoms with Gasteiger partial charge in [-0.15, -0.1) is 0 Å². The molecule has 0 unspecified atom stereocenters. The molecule has 0 bridgehead atoms. The Hall–Kier alpha value is -0.633. The van der Waals surface area contributed by atoms with E-state index in [0.29, 0.717) is 5.92 Å². The van der Waals surface area contributed by atoms with Crippen LogP contribution >= 0.6 is 0 Å². The fourth-order valence-corrected chi connectivity index (χ4v) is 9.23. The maximum absolute atomic E-state index is 14.3. The second kappa shape index (κ2) is 13.0. The molecule has 1 saturated heterocycles. The molecule has 1 aliphatic heterocycles. The standard InChI is InChI=1S/C28H46FSi/c1-3-5-19-30-20-17-24(18-21-30)10-7-6-9-23-11-13-25(14-12-23)27-16-15-26(8-4-2)28(29)22-27/h15-16,22-25H,3-14,17-21H2,1-2H3. The lowest BCUT2D eigenvalue weighted by molar-refractivity contribution is 0.297. The lowest BCUT2D eigenvalue weighted by Gasteiger charge is -2.30. The predicted octanol–water partition coefficient (Wildman–Crippen LogP) is 9.32. The first kappa shape index (κ1) is 24.0. The number of hydrogen-bond acceptors (Lipinski definition) is 0. The molecule has 1 saturated carbocycles. The first-order valence-electron chi connectivity index (χ1n) is 13.3. The molecule has 2 aliphatic rings. The van der Waals surface area contributed by atoms with Crippen molar-refractivity contribution in [2.24, 2.45) is 11.8 Å². The molecule has 30 heavy (non-hydrogen) atoms. The Labute approximate surface area is 188 Å². The quantitative estimate of drug-likeness (QED) is 0.243. The van der Waals surface area contributed by atoms with E-state index in [1.165, 1.54) is 69.8 Å². The van der Waals surface area contributed by atoms with Gasteiger partial charge in [0.15, 0.2) is 0 Å². The fraction of sp³-hybridized carbons (Fsp3) is 0.786. The minimum absolute atomic E-state index is 0.0258. The molecule has 0 spiro atoms. The third kappa shape index (κ3) is 7.50. The Kier molecular flexibility index (Phi) is 10.4. The summed E-state index contributed by atoms with van der Waals surface area (Å²) in [6, 6.07) is 10.9. The highest BCUT2D eigenvalue weighted by Crippen LogP contribution is 2.38. The number of unbranched alkanes of at least 4 members (excludes halogenated alkanes) is 2. The molecule has 2 heteroatoms. The highest BCUT2D eigenvalue weighted by Gasteiger charge is 2.24. The minimum Gasteiger partial charge on any atom is -0.207 e. The van der Waals surface area contributed by atoms with Crippen molar-refractivity contribution in [2.75, 3.05) is 0 Å². The SMILES string of the molecule is CCCC[Si]1CCC(CCCCC2CCC(c3ccc(CCC)c(F)c3)CC2)CC1. The molecule has 0 nitrogen and oxygen atoms in total. The van der Waals surface area contributed by atoms with Crippen molar-refractivity contribution in [3.8, 4) is 0 Å². The maximum Gasteiger partial charge on any atom is 0.126 e. The van der Waals surface area contributed by atoms with Crippen molar-refractivity contribution < 1.29 is 4.39 Å². The molecule has 0 aromatic heterocycles. The number of halogens is 1. The first-order valence-corrected chi connectivity index (χ1v) is 15.4. The summed E-state index contributed by atoms with van der Waals surface area (Å²) in [5.74, 6) is 2.61. The van der Waals surface area contributed by atoms with Gasteiger partial charge < -0.3 is 0 Å². The number of benzene rings is 1. The molecule has 3 rings (SSSR count). The molecule has 1 aliphatic carbocycles. The van der Waals surface area contributed by atoms with Crippen LogP contribution in [0.1, 0.15) is 114 Å². The Morgan fingerprint density at radius 1 is 0.833 bits per heavy atom. The van der Waals surface area contributed by atoms with E-state index in [9.17, 15) is 4.39 Å². The van der Waals surface area contributed by atoms with E-state index in [1.807, 2.05) is 12.1 Å². The highest BCUT2D eigenvalue weighted by atomic mass is 28.3. The van der Waals surface area contributed by atoms with Crippen LogP contribution < -0.4 is 0 Å². The van der Waals surface area contributed by atoms with Crippen LogP contribution in [0.15, 0.2) is 18.2 Å². The molecule has 1 radical (unpaired) electrons. The van der Waals surface area contributed by atoms with Gasteiger partial charge >= 0.3 is 0 Å². The van der Waals surface area contributed by atoms with Crippen molar-refractivity contribution in [2.45, 2.75) is 128 Å². The Morgan fingerprint density at radius 3 is 2.10 bits per heavy atom. The van der Waals surface area contributed by atoms with Crippen LogP contribution in [0.25, 0.3) is 0 Å². The normalized spacial score (nSPS) is 23.7. The van der Waals surface area contributed by atoms with Crippen LogP contribution in [0.4, 0.5) is 4.39 Å². The largest absolute Gasteiger partial charge is 0.207 e. The predicted molar refractivity (Wildman–Crippen MR) is 131 cm³/mol. The van der Waals surface area contributed by atoms with Gasteiger partial charge in [-0.2, -0.15) is 0 Å². The van der Waals surface area contributed by atoms with E-state index in [4.69, 9.17) is 0 Å². The van der Waals surface area contributed by atoms with Crippen LogP contribution in [-0.4, -0.2) is 8.80 Å². The fourth-order valence-electron chi connectivity index (χ4n) is 5.99. The van der Waals surface area contributed by atoms with E-state index in [2.05, 4.69) is 19.9 Å². The van der Waals surface area contributed by atoms with Gasteiger partial charge in [0.05, 0.1) is 0 Å². The summed E-state index contributed by atoms with van der Waals surface area (Å²) in [5, 5.41) is 0. The third-order valence-electron chi connectivity index (χ3n) is 8.09. The van der Waals surface area contributed by atoms with Crippen LogP contribution in [-0.2, 0) is 6.42 Å². The summed E-state index contributed by atoms with van der Waals surface area (Å²) < 4.78 is 14.3. The first-order chi connectivity index (χ1) is 14.7. The van der Waals surface area contributed by atoms with Gasteiger partial charge in [-0.25, -0.2) is 4.39 Å². The smallest absolute Gasteiger partial charge is 0.126 e. The monoisotopic (exact) mass is 429 g/mol. The Bertz CT molecular complexity index is 597. The van der Waals surface area contributed by atoms with E-state index < -0.39 is 0 Å². The third-order valence-corrected chi connectivity index (χ3v) is 11.1. The molecular formula is C28H46FSi. The number of aryl methyl sites for hydroxylation is 1. The van der Waals surface area contributed by atoms with E-state index >= 15 is 0 Å². The second-order valence-corrected chi connectivity index (χ2v) is 13.4. The molecule has 2 fully saturated rings. The zero-order chi connectivity index (χ0) is 21.2. The van der Waals surface area contributed by atoms with Gasteiger partial charge in [0, 0.05) is 8.80 Å². The molecule has 1 aromatic carbocycles. The molecule has 1 heterocycles. The van der Waals surface area contributed by atoms with Crippen molar-refractivity contribution in [1.82, 2.24) is 0 Å². The molecule has 0 atom stereocenters. The summed E-state index contributed by atoms with van der Waals surface area (Å²) in [6.45, 7) is 4.46.